The van der Waals surface area contributed by atoms with Crippen LogP contribution in [0.15, 0.2) is 77.7 Å². The van der Waals surface area contributed by atoms with E-state index < -0.39 is 17.8 Å². The third kappa shape index (κ3) is 4.67. The number of esters is 1. The lowest BCUT2D eigenvalue weighted by atomic mass is 9.97. The molecule has 0 bridgehead atoms. The Kier molecular flexibility index (Phi) is 6.26. The van der Waals surface area contributed by atoms with Gasteiger partial charge in [-0.3, -0.25) is 14.4 Å². The van der Waals surface area contributed by atoms with Crippen LogP contribution in [-0.2, 0) is 27.3 Å². The van der Waals surface area contributed by atoms with E-state index >= 15 is 0 Å². The molecule has 162 valence electrons. The molecule has 7 nitrogen and oxygen atoms in total. The molecule has 3 aromatic carbocycles. The highest BCUT2D eigenvalue weighted by molar-refractivity contribution is 5.84. The van der Waals surface area contributed by atoms with E-state index in [1.165, 1.54) is 7.11 Å². The molecule has 0 aliphatic carbocycles. The third-order valence-electron chi connectivity index (χ3n) is 5.43. The minimum Gasteiger partial charge on any atom is -0.469 e. The van der Waals surface area contributed by atoms with E-state index in [0.29, 0.717) is 11.8 Å². The number of hydrogen-bond donors (Lipinski definition) is 1. The van der Waals surface area contributed by atoms with E-state index in [-0.39, 0.29) is 18.6 Å². The SMILES string of the molecule is COC(=O)C(CNC(=O)Cn1ncc2ccccc2c1=O)Cc1ccc2ccccc2c1. The molecule has 1 amide bonds. The molecule has 0 radical (unpaired) electrons. The topological polar surface area (TPSA) is 90.3 Å². The van der Waals surface area contributed by atoms with Crippen molar-refractivity contribution in [3.05, 3.63) is 88.8 Å². The Balaban J connectivity index is 1.44. The van der Waals surface area contributed by atoms with Crippen LogP contribution in [0, 0.1) is 5.92 Å². The van der Waals surface area contributed by atoms with E-state index in [1.807, 2.05) is 48.5 Å². The zero-order valence-corrected chi connectivity index (χ0v) is 17.7. The Hall–Kier alpha value is -4.00. The first-order chi connectivity index (χ1) is 15.5. The van der Waals surface area contributed by atoms with Gasteiger partial charge in [0.2, 0.25) is 5.91 Å². The van der Waals surface area contributed by atoms with Gasteiger partial charge in [0, 0.05) is 11.9 Å². The van der Waals surface area contributed by atoms with Crippen molar-refractivity contribution in [3.8, 4) is 0 Å². The number of nitrogens with zero attached hydrogens (tertiary/aromatic N) is 2. The van der Waals surface area contributed by atoms with Crippen LogP contribution in [0.5, 0.6) is 0 Å². The molecule has 32 heavy (non-hydrogen) atoms. The predicted octanol–water partition coefficient (Wildman–Crippen LogP) is 2.70. The number of aromatic nitrogens is 2. The molecule has 0 aliphatic rings. The zero-order chi connectivity index (χ0) is 22.5. The Bertz CT molecular complexity index is 1350. The number of methoxy groups -OCH3 is 1. The van der Waals surface area contributed by atoms with Crippen molar-refractivity contribution in [1.29, 1.82) is 0 Å². The van der Waals surface area contributed by atoms with Gasteiger partial charge in [-0.1, -0.05) is 60.7 Å². The Morgan fingerprint density at radius 3 is 2.50 bits per heavy atom. The van der Waals surface area contributed by atoms with Crippen LogP contribution in [0.1, 0.15) is 5.56 Å². The first kappa shape index (κ1) is 21.2. The van der Waals surface area contributed by atoms with E-state index in [2.05, 4.69) is 10.4 Å². The lowest BCUT2D eigenvalue weighted by Crippen LogP contribution is -2.38. The lowest BCUT2D eigenvalue weighted by Gasteiger charge is -2.16. The molecule has 1 N–H and O–H groups in total. The summed E-state index contributed by atoms with van der Waals surface area (Å²) in [4.78, 5) is 37.3. The van der Waals surface area contributed by atoms with Gasteiger partial charge in [-0.15, -0.1) is 0 Å². The van der Waals surface area contributed by atoms with Gasteiger partial charge in [0.1, 0.15) is 6.54 Å². The fraction of sp³-hybridized carbons (Fsp3) is 0.200. The number of carbonyl (C=O) groups is 2. The van der Waals surface area contributed by atoms with Gasteiger partial charge in [-0.2, -0.15) is 5.10 Å². The van der Waals surface area contributed by atoms with Crippen molar-refractivity contribution in [2.45, 2.75) is 13.0 Å². The number of benzene rings is 3. The molecule has 4 aromatic rings. The summed E-state index contributed by atoms with van der Waals surface area (Å²) in [6.45, 7) is -0.131. The second kappa shape index (κ2) is 9.43. The van der Waals surface area contributed by atoms with Crippen LogP contribution in [0.25, 0.3) is 21.5 Å². The second-order valence-electron chi connectivity index (χ2n) is 7.60. The summed E-state index contributed by atoms with van der Waals surface area (Å²) >= 11 is 0. The normalized spacial score (nSPS) is 11.9. The number of carbonyl (C=O) groups excluding carboxylic acids is 2. The summed E-state index contributed by atoms with van der Waals surface area (Å²) in [7, 11) is 1.33. The third-order valence-corrected chi connectivity index (χ3v) is 5.43. The molecule has 0 saturated carbocycles. The van der Waals surface area contributed by atoms with Crippen LogP contribution in [0.2, 0.25) is 0 Å². The number of fused-ring (bicyclic) bond motifs is 2. The molecule has 1 atom stereocenters. The van der Waals surface area contributed by atoms with Crippen molar-refractivity contribution >= 4 is 33.4 Å². The summed E-state index contributed by atoms with van der Waals surface area (Å²) in [5.74, 6) is -1.35. The first-order valence-electron chi connectivity index (χ1n) is 10.3. The standard InChI is InChI=1S/C25H23N3O4/c1-32-25(31)21(13-17-10-11-18-6-2-3-7-19(18)12-17)14-26-23(29)16-28-24(30)22-9-5-4-8-20(22)15-27-28/h2-12,15,21H,13-14,16H2,1H3,(H,26,29). The van der Waals surface area contributed by atoms with E-state index in [0.717, 1.165) is 26.4 Å². The van der Waals surface area contributed by atoms with E-state index in [1.54, 1.807) is 24.4 Å². The molecule has 0 spiro atoms. The molecule has 7 heteroatoms. The molecule has 0 fully saturated rings. The number of amides is 1. The fourth-order valence-corrected chi connectivity index (χ4v) is 3.73. The molecule has 0 saturated heterocycles. The van der Waals surface area contributed by atoms with Gasteiger partial charge >= 0.3 is 5.97 Å². The molecule has 1 unspecified atom stereocenters. The van der Waals surface area contributed by atoms with Crippen LogP contribution in [0.4, 0.5) is 0 Å². The average molecular weight is 429 g/mol. The van der Waals surface area contributed by atoms with Gasteiger partial charge in [0.05, 0.1) is 24.6 Å². The van der Waals surface area contributed by atoms with Crippen molar-refractivity contribution in [2.75, 3.05) is 13.7 Å². The van der Waals surface area contributed by atoms with Crippen LogP contribution in [-0.4, -0.2) is 35.3 Å². The van der Waals surface area contributed by atoms with Crippen LogP contribution >= 0.6 is 0 Å². The Labute approximate surface area is 184 Å². The van der Waals surface area contributed by atoms with Gasteiger partial charge in [0.25, 0.3) is 5.56 Å². The summed E-state index contributed by atoms with van der Waals surface area (Å²) in [6.07, 6.45) is 1.98. The largest absolute Gasteiger partial charge is 0.469 e. The maximum atomic E-state index is 12.6. The van der Waals surface area contributed by atoms with Crippen molar-refractivity contribution < 1.29 is 14.3 Å². The second-order valence-corrected chi connectivity index (χ2v) is 7.60. The van der Waals surface area contributed by atoms with E-state index in [9.17, 15) is 14.4 Å². The maximum absolute atomic E-state index is 12.6. The number of rotatable bonds is 7. The van der Waals surface area contributed by atoms with Gasteiger partial charge in [-0.25, -0.2) is 4.68 Å². The number of hydrogen-bond acceptors (Lipinski definition) is 5. The van der Waals surface area contributed by atoms with Crippen LogP contribution in [0.3, 0.4) is 0 Å². The monoisotopic (exact) mass is 429 g/mol. The van der Waals surface area contributed by atoms with Crippen LogP contribution < -0.4 is 10.9 Å². The summed E-state index contributed by atoms with van der Waals surface area (Å²) in [6, 6.07) is 21.1. The molecule has 0 aliphatic heterocycles. The van der Waals surface area contributed by atoms with E-state index in [4.69, 9.17) is 4.74 Å². The minimum absolute atomic E-state index is 0.0979. The minimum atomic E-state index is -0.550. The summed E-state index contributed by atoms with van der Waals surface area (Å²) in [5, 5.41) is 10.2. The van der Waals surface area contributed by atoms with Crippen molar-refractivity contribution in [1.82, 2.24) is 15.1 Å². The number of ether oxygens (including phenoxy) is 1. The van der Waals surface area contributed by atoms with Gasteiger partial charge < -0.3 is 10.1 Å². The molecular weight excluding hydrogens is 406 g/mol. The molecule has 1 aromatic heterocycles. The quantitative estimate of drug-likeness (QED) is 0.456. The fourth-order valence-electron chi connectivity index (χ4n) is 3.73. The molecule has 4 rings (SSSR count). The highest BCUT2D eigenvalue weighted by Gasteiger charge is 2.21. The van der Waals surface area contributed by atoms with Gasteiger partial charge in [-0.05, 0) is 28.8 Å². The van der Waals surface area contributed by atoms with Crippen molar-refractivity contribution in [3.63, 3.8) is 0 Å². The summed E-state index contributed by atoms with van der Waals surface area (Å²) in [5.41, 5.74) is 0.639. The van der Waals surface area contributed by atoms with Crippen molar-refractivity contribution in [2.24, 2.45) is 5.92 Å². The Morgan fingerprint density at radius 1 is 1.00 bits per heavy atom. The lowest BCUT2D eigenvalue weighted by molar-refractivity contribution is -0.145. The summed E-state index contributed by atoms with van der Waals surface area (Å²) < 4.78 is 6.05. The molecule has 1 heterocycles. The number of nitrogens with one attached hydrogen (secondary N) is 1. The first-order valence-corrected chi connectivity index (χ1v) is 10.3. The highest BCUT2D eigenvalue weighted by atomic mass is 16.5. The molecular formula is C25H23N3O4. The smallest absolute Gasteiger partial charge is 0.310 e. The Morgan fingerprint density at radius 2 is 1.72 bits per heavy atom. The average Bonchev–Trinajstić information content (AvgIpc) is 2.83. The maximum Gasteiger partial charge on any atom is 0.310 e. The highest BCUT2D eigenvalue weighted by Crippen LogP contribution is 2.18. The zero-order valence-electron chi connectivity index (χ0n) is 17.7. The van der Waals surface area contributed by atoms with Gasteiger partial charge in [0.15, 0.2) is 0 Å². The predicted molar refractivity (Wildman–Crippen MR) is 122 cm³/mol.